The Morgan fingerprint density at radius 2 is 0.658 bits per heavy atom. The van der Waals surface area contributed by atoms with Crippen molar-refractivity contribution in [2.75, 3.05) is 0 Å². The number of hydrogen-bond acceptors (Lipinski definition) is 5. The third-order valence-electron chi connectivity index (χ3n) is 13.9. The molecule has 0 aliphatic rings. The van der Waals surface area contributed by atoms with E-state index in [1.54, 1.807) is 36.4 Å². The molecule has 0 aliphatic carbocycles. The quantitative estimate of drug-likeness (QED) is 0.0371. The molecule has 0 radical (unpaired) electrons. The van der Waals surface area contributed by atoms with E-state index < -0.39 is 50.2 Å². The van der Waals surface area contributed by atoms with E-state index in [0.717, 1.165) is 0 Å². The van der Waals surface area contributed by atoms with Crippen LogP contribution in [-0.2, 0) is 33.6 Å². The van der Waals surface area contributed by atoms with Crippen molar-refractivity contribution in [1.29, 1.82) is 0 Å². The molecule has 0 saturated carbocycles. The van der Waals surface area contributed by atoms with Crippen LogP contribution in [-0.4, -0.2) is 18.9 Å². The van der Waals surface area contributed by atoms with Crippen molar-refractivity contribution in [2.24, 2.45) is 0 Å². The summed E-state index contributed by atoms with van der Waals surface area (Å²) in [5.74, 6) is -1.27. The molecule has 0 unspecified atom stereocenters. The Morgan fingerprint density at radius 1 is 0.382 bits per heavy atom. The Hall–Kier alpha value is -7.46. The molecule has 0 aliphatic heterocycles. The van der Waals surface area contributed by atoms with Crippen LogP contribution in [0.3, 0.4) is 0 Å². The van der Waals surface area contributed by atoms with Gasteiger partial charge in [-0.25, -0.2) is 0 Å². The van der Waals surface area contributed by atoms with Gasteiger partial charge in [0.1, 0.15) is 0 Å². The van der Waals surface area contributed by atoms with Crippen molar-refractivity contribution in [1.82, 2.24) is 0 Å². The van der Waals surface area contributed by atoms with Gasteiger partial charge in [0.2, 0.25) is 0 Å². The van der Waals surface area contributed by atoms with E-state index >= 15 is 26.3 Å². The summed E-state index contributed by atoms with van der Waals surface area (Å²) in [6, 6.07) is 70.8. The predicted molar refractivity (Wildman–Crippen MR) is 296 cm³/mol. The molecular formula is C62H51BF6O5P2. The summed E-state index contributed by atoms with van der Waals surface area (Å²) in [6.07, 6.45) is -10.6. The Labute approximate surface area is 438 Å². The van der Waals surface area contributed by atoms with Gasteiger partial charge in [-0.05, 0) is 0 Å². The summed E-state index contributed by atoms with van der Waals surface area (Å²) in [4.78, 5) is 26.4. The Kier molecular flexibility index (Phi) is 14.9. The third kappa shape index (κ3) is 10.1. The number of carbonyl (C=O) groups is 2. The second kappa shape index (κ2) is 21.3. The normalized spacial score (nSPS) is 13.1. The molecule has 9 aromatic rings. The number of alkyl halides is 6. The fraction of sp³-hybridized carbons (Fsp3) is 0.0968. The first-order valence-corrected chi connectivity index (χ1v) is 29.0. The molecule has 0 spiro atoms. The van der Waals surface area contributed by atoms with Crippen molar-refractivity contribution >= 4 is 64.4 Å². The zero-order chi connectivity index (χ0) is 53.7. The summed E-state index contributed by atoms with van der Waals surface area (Å²) >= 11 is 0. The fourth-order valence-corrected chi connectivity index (χ4v) is 21.7. The second-order valence-electron chi connectivity index (χ2n) is 18.6. The first-order chi connectivity index (χ1) is 36.4. The van der Waals surface area contributed by atoms with Gasteiger partial charge in [0.15, 0.2) is 0 Å². The number of carbonyl (C=O) groups excluding carboxylic acids is 2. The molecule has 0 fully saturated rings. The van der Waals surface area contributed by atoms with Crippen molar-refractivity contribution < 1.29 is 49.5 Å². The van der Waals surface area contributed by atoms with Crippen LogP contribution in [0, 0.1) is 0 Å². The molecule has 76 heavy (non-hydrogen) atoms. The van der Waals surface area contributed by atoms with Crippen molar-refractivity contribution in [3.63, 3.8) is 0 Å². The van der Waals surface area contributed by atoms with E-state index in [1.165, 1.54) is 13.8 Å². The van der Waals surface area contributed by atoms with Crippen LogP contribution in [0.15, 0.2) is 249 Å². The molecular weight excluding hydrogens is 1010 g/mol. The number of rotatable bonds is 18. The number of benzene rings is 9. The molecule has 9 rings (SSSR count). The minimum absolute atomic E-state index is 0.0248. The SMILES string of the molecule is CC(=O)c1cccc(CP(OB(Oc2cc(C(F)(F)F)cc(C(F)(F)F)c2)OP(Cc2cccc(C(C)=O)c2)(c2ccccc2)(c2ccccc2)c2ccccc2)(c2ccccc2)(c2ccccc2)c2ccccc2)c1. The van der Waals surface area contributed by atoms with Crippen LogP contribution in [0.1, 0.15) is 56.8 Å². The van der Waals surface area contributed by atoms with Gasteiger partial charge in [-0.1, -0.05) is 0 Å². The van der Waals surface area contributed by atoms with Gasteiger partial charge < -0.3 is 0 Å². The van der Waals surface area contributed by atoms with Gasteiger partial charge in [-0.2, -0.15) is 0 Å². The van der Waals surface area contributed by atoms with Crippen molar-refractivity contribution in [3.05, 3.63) is 282 Å². The maximum absolute atomic E-state index is 15.0. The van der Waals surface area contributed by atoms with Gasteiger partial charge in [0.05, 0.1) is 0 Å². The first kappa shape index (κ1) is 53.4. The van der Waals surface area contributed by atoms with Crippen LogP contribution in [0.2, 0.25) is 0 Å². The van der Waals surface area contributed by atoms with Crippen LogP contribution < -0.4 is 36.5 Å². The molecule has 5 nitrogen and oxygen atoms in total. The molecule has 384 valence electrons. The predicted octanol–water partition coefficient (Wildman–Crippen LogP) is 13.8. The monoisotopic (exact) mass is 1060 g/mol. The number of halogens is 6. The molecule has 9 aromatic carbocycles. The average molecular weight is 1060 g/mol. The van der Waals surface area contributed by atoms with E-state index in [4.69, 9.17) is 13.5 Å². The molecule has 0 N–H and O–H groups in total. The van der Waals surface area contributed by atoms with E-state index in [1.807, 2.05) is 194 Å². The summed E-state index contributed by atoms with van der Waals surface area (Å²) < 4.78 is 113. The van der Waals surface area contributed by atoms with E-state index in [9.17, 15) is 9.59 Å². The first-order valence-electron chi connectivity index (χ1n) is 24.3. The molecule has 0 bridgehead atoms. The average Bonchev–Trinajstić information content (AvgIpc) is 3.44. The summed E-state index contributed by atoms with van der Waals surface area (Å²) in [5, 5.41) is 3.53. The zero-order valence-electron chi connectivity index (χ0n) is 41.4. The van der Waals surface area contributed by atoms with Gasteiger partial charge in [-0.15, -0.1) is 0 Å². The number of Topliss-reactive ketones (excluding diaryl/α,β-unsaturated/α-hetero) is 2. The zero-order valence-corrected chi connectivity index (χ0v) is 43.2. The number of ketones is 2. The Bertz CT molecular complexity index is 3050. The maximum atomic E-state index is 15.0. The second-order valence-corrected chi connectivity index (χ2v) is 27.6. The molecule has 0 atom stereocenters. The molecule has 0 heterocycles. The van der Waals surface area contributed by atoms with Crippen LogP contribution >= 0.6 is 13.7 Å². The molecule has 0 amide bonds. The van der Waals surface area contributed by atoms with E-state index in [0.29, 0.717) is 66.2 Å². The van der Waals surface area contributed by atoms with E-state index in [-0.39, 0.29) is 30.0 Å². The Morgan fingerprint density at radius 3 is 0.908 bits per heavy atom. The van der Waals surface area contributed by atoms with Gasteiger partial charge in [0, 0.05) is 0 Å². The van der Waals surface area contributed by atoms with Crippen molar-refractivity contribution in [3.8, 4) is 5.75 Å². The minimum atomic E-state index is -5.26. The molecule has 14 heteroatoms. The summed E-state index contributed by atoms with van der Waals surface area (Å²) in [5.41, 5.74) is -1.21. The summed E-state index contributed by atoms with van der Waals surface area (Å²) in [7, 11) is -2.21. The van der Waals surface area contributed by atoms with Crippen molar-refractivity contribution in [2.45, 2.75) is 38.5 Å². The fourth-order valence-electron chi connectivity index (χ4n) is 10.4. The van der Waals surface area contributed by atoms with Gasteiger partial charge in [-0.3, -0.25) is 0 Å². The number of hydrogen-bond donors (Lipinski definition) is 0. The summed E-state index contributed by atoms with van der Waals surface area (Å²) in [6.45, 7) is -7.16. The van der Waals surface area contributed by atoms with E-state index in [2.05, 4.69) is 0 Å². The van der Waals surface area contributed by atoms with Crippen LogP contribution in [0.4, 0.5) is 26.3 Å². The molecule has 0 saturated heterocycles. The topological polar surface area (TPSA) is 61.8 Å². The van der Waals surface area contributed by atoms with Crippen LogP contribution in [0.5, 0.6) is 5.75 Å². The third-order valence-corrected chi connectivity index (χ3v) is 25.4. The van der Waals surface area contributed by atoms with Gasteiger partial charge >= 0.3 is 440 Å². The van der Waals surface area contributed by atoms with Gasteiger partial charge in [0.25, 0.3) is 0 Å². The van der Waals surface area contributed by atoms with Crippen LogP contribution in [0.25, 0.3) is 0 Å². The standard InChI is InChI=1S/C62H51BF6O5P2/c1-46(70)50-25-21-23-48(39-50)44-75(55-27-9-3-10-28-55,56-29-11-4-12-30-56,57-31-13-5-14-32-57)73-63(72-54-42-52(61(64,65)66)41-53(43-54)62(67,68)69)74-76(58-33-15-6-16-34-58,59-35-17-7-18-36-59,60-37-19-8-20-38-60)45-49-24-22-26-51(40-49)47(2)71/h3-43H,44-45H2,1-2H3. The molecule has 0 aromatic heterocycles. The Balaban J connectivity index is 1.49.